The van der Waals surface area contributed by atoms with Crippen molar-refractivity contribution in [1.82, 2.24) is 0 Å². The van der Waals surface area contributed by atoms with Crippen LogP contribution in [0.5, 0.6) is 5.75 Å². The van der Waals surface area contributed by atoms with Crippen molar-refractivity contribution in [2.75, 3.05) is 0 Å². The number of benzene rings is 1. The Balaban J connectivity index is 2.23. The molecule has 0 spiro atoms. The summed E-state index contributed by atoms with van der Waals surface area (Å²) in [5, 5.41) is 9.64. The van der Waals surface area contributed by atoms with Gasteiger partial charge in [-0.2, -0.15) is 0 Å². The van der Waals surface area contributed by atoms with Gasteiger partial charge in [-0.05, 0) is 31.4 Å². The molecule has 1 aliphatic rings. The third-order valence-corrected chi connectivity index (χ3v) is 2.24. The average Bonchev–Trinajstić information content (AvgIpc) is 2.91. The van der Waals surface area contributed by atoms with Gasteiger partial charge < -0.3 is 5.11 Å². The number of aryl methyl sites for hydroxylation is 1. The SMILES string of the molecule is Cc1cccc(C=NC2CC2)c1O. The van der Waals surface area contributed by atoms with Crippen LogP contribution in [0, 0.1) is 6.92 Å². The van der Waals surface area contributed by atoms with E-state index in [1.54, 1.807) is 6.21 Å². The van der Waals surface area contributed by atoms with Gasteiger partial charge in [-0.15, -0.1) is 0 Å². The van der Waals surface area contributed by atoms with Crippen molar-refractivity contribution in [3.05, 3.63) is 29.3 Å². The summed E-state index contributed by atoms with van der Waals surface area (Å²) in [7, 11) is 0. The first kappa shape index (κ1) is 8.30. The average molecular weight is 175 g/mol. The third-order valence-electron chi connectivity index (χ3n) is 2.24. The minimum absolute atomic E-state index is 0.354. The maximum Gasteiger partial charge on any atom is 0.127 e. The number of hydrogen-bond acceptors (Lipinski definition) is 2. The Kier molecular flexibility index (Phi) is 2.05. The lowest BCUT2D eigenvalue weighted by atomic mass is 10.1. The Hall–Kier alpha value is -1.31. The van der Waals surface area contributed by atoms with Crippen molar-refractivity contribution in [3.8, 4) is 5.75 Å². The second-order valence-corrected chi connectivity index (χ2v) is 3.52. The summed E-state index contributed by atoms with van der Waals surface area (Å²) < 4.78 is 0. The highest BCUT2D eigenvalue weighted by atomic mass is 16.3. The highest BCUT2D eigenvalue weighted by Crippen LogP contribution is 2.25. The van der Waals surface area contributed by atoms with Gasteiger partial charge in [0.1, 0.15) is 5.75 Å². The van der Waals surface area contributed by atoms with E-state index >= 15 is 0 Å². The van der Waals surface area contributed by atoms with E-state index in [0.29, 0.717) is 11.8 Å². The first-order valence-electron chi connectivity index (χ1n) is 4.59. The van der Waals surface area contributed by atoms with E-state index in [1.165, 1.54) is 12.8 Å². The minimum Gasteiger partial charge on any atom is -0.507 e. The highest BCUT2D eigenvalue weighted by Gasteiger charge is 2.18. The number of aliphatic imine (C=N–C) groups is 1. The summed E-state index contributed by atoms with van der Waals surface area (Å²) in [5.74, 6) is 0.354. The topological polar surface area (TPSA) is 32.6 Å². The fraction of sp³-hybridized carbons (Fsp3) is 0.364. The highest BCUT2D eigenvalue weighted by molar-refractivity contribution is 5.84. The first-order chi connectivity index (χ1) is 6.27. The van der Waals surface area contributed by atoms with Crippen molar-refractivity contribution in [2.24, 2.45) is 4.99 Å². The monoisotopic (exact) mass is 175 g/mol. The molecule has 0 radical (unpaired) electrons. The van der Waals surface area contributed by atoms with E-state index in [9.17, 15) is 5.11 Å². The maximum absolute atomic E-state index is 9.64. The molecule has 0 saturated heterocycles. The van der Waals surface area contributed by atoms with E-state index < -0.39 is 0 Å². The minimum atomic E-state index is 0.354. The second kappa shape index (κ2) is 3.21. The quantitative estimate of drug-likeness (QED) is 0.687. The molecule has 0 heterocycles. The molecule has 0 amide bonds. The molecule has 68 valence electrons. The van der Waals surface area contributed by atoms with Gasteiger partial charge in [-0.25, -0.2) is 0 Å². The van der Waals surface area contributed by atoms with Crippen molar-refractivity contribution in [3.63, 3.8) is 0 Å². The number of nitrogens with zero attached hydrogens (tertiary/aromatic N) is 1. The number of aromatic hydroxyl groups is 1. The van der Waals surface area contributed by atoms with Gasteiger partial charge >= 0.3 is 0 Å². The molecule has 1 fully saturated rings. The van der Waals surface area contributed by atoms with E-state index in [4.69, 9.17) is 0 Å². The molecule has 0 aromatic heterocycles. The normalized spacial score (nSPS) is 16.7. The molecule has 2 nitrogen and oxygen atoms in total. The standard InChI is InChI=1S/C11H13NO/c1-8-3-2-4-9(11(8)13)7-12-10-5-6-10/h2-4,7,10,13H,5-6H2,1H3. The largest absolute Gasteiger partial charge is 0.507 e. The molecule has 0 atom stereocenters. The summed E-state index contributed by atoms with van der Waals surface area (Å²) in [6.45, 7) is 1.89. The van der Waals surface area contributed by atoms with Crippen molar-refractivity contribution in [1.29, 1.82) is 0 Å². The van der Waals surface area contributed by atoms with Crippen LogP contribution in [0.4, 0.5) is 0 Å². The molecule has 13 heavy (non-hydrogen) atoms. The van der Waals surface area contributed by atoms with Gasteiger partial charge in [0.25, 0.3) is 0 Å². The van der Waals surface area contributed by atoms with Crippen molar-refractivity contribution < 1.29 is 5.11 Å². The zero-order valence-electron chi connectivity index (χ0n) is 7.70. The zero-order valence-corrected chi connectivity index (χ0v) is 7.70. The van der Waals surface area contributed by atoms with Crippen LogP contribution in [-0.4, -0.2) is 17.4 Å². The van der Waals surface area contributed by atoms with Crippen LogP contribution in [0.15, 0.2) is 23.2 Å². The molecule has 2 heteroatoms. The predicted octanol–water partition coefficient (Wildman–Crippen LogP) is 2.28. The van der Waals surface area contributed by atoms with E-state index in [-0.39, 0.29) is 0 Å². The Labute approximate surface area is 77.9 Å². The summed E-state index contributed by atoms with van der Waals surface area (Å²) in [6, 6.07) is 6.22. The summed E-state index contributed by atoms with van der Waals surface area (Å²) in [6.07, 6.45) is 4.17. The van der Waals surface area contributed by atoms with Gasteiger partial charge in [0, 0.05) is 11.8 Å². The van der Waals surface area contributed by atoms with Crippen LogP contribution in [-0.2, 0) is 0 Å². The number of para-hydroxylation sites is 1. The second-order valence-electron chi connectivity index (χ2n) is 3.52. The van der Waals surface area contributed by atoms with Crippen molar-refractivity contribution in [2.45, 2.75) is 25.8 Å². The van der Waals surface area contributed by atoms with E-state index in [0.717, 1.165) is 11.1 Å². The van der Waals surface area contributed by atoms with Gasteiger partial charge in [0.05, 0.1) is 6.04 Å². The fourth-order valence-corrected chi connectivity index (χ4v) is 1.20. The summed E-state index contributed by atoms with van der Waals surface area (Å²) in [4.78, 5) is 4.32. The molecule has 1 aliphatic carbocycles. The third kappa shape index (κ3) is 1.89. The maximum atomic E-state index is 9.64. The van der Waals surface area contributed by atoms with Gasteiger partial charge in [-0.3, -0.25) is 4.99 Å². The number of rotatable bonds is 2. The molecule has 2 rings (SSSR count). The van der Waals surface area contributed by atoms with Gasteiger partial charge in [0.15, 0.2) is 0 Å². The molecule has 1 aromatic rings. The number of phenolic OH excluding ortho intramolecular Hbond substituents is 1. The molecule has 1 N–H and O–H groups in total. The van der Waals surface area contributed by atoms with Crippen LogP contribution < -0.4 is 0 Å². The van der Waals surface area contributed by atoms with Crippen LogP contribution in [0.2, 0.25) is 0 Å². The lowest BCUT2D eigenvalue weighted by Crippen LogP contribution is -1.86. The Morgan fingerprint density at radius 3 is 2.92 bits per heavy atom. The molecule has 1 aromatic carbocycles. The Morgan fingerprint density at radius 1 is 1.46 bits per heavy atom. The van der Waals surface area contributed by atoms with E-state index in [1.807, 2.05) is 25.1 Å². The van der Waals surface area contributed by atoms with Crippen LogP contribution in [0.25, 0.3) is 0 Å². The van der Waals surface area contributed by atoms with Gasteiger partial charge in [0.2, 0.25) is 0 Å². The van der Waals surface area contributed by atoms with Crippen LogP contribution in [0.1, 0.15) is 24.0 Å². The summed E-state index contributed by atoms with van der Waals surface area (Å²) in [5.41, 5.74) is 1.73. The number of hydrogen-bond donors (Lipinski definition) is 1. The molecular weight excluding hydrogens is 162 g/mol. The molecule has 0 aliphatic heterocycles. The van der Waals surface area contributed by atoms with E-state index in [2.05, 4.69) is 4.99 Å². The van der Waals surface area contributed by atoms with Crippen molar-refractivity contribution >= 4 is 6.21 Å². The Bertz CT molecular complexity index is 340. The van der Waals surface area contributed by atoms with Crippen LogP contribution >= 0.6 is 0 Å². The molecule has 0 bridgehead atoms. The fourth-order valence-electron chi connectivity index (χ4n) is 1.20. The van der Waals surface area contributed by atoms with Crippen LogP contribution in [0.3, 0.4) is 0 Å². The lowest BCUT2D eigenvalue weighted by molar-refractivity contribution is 0.470. The summed E-state index contributed by atoms with van der Waals surface area (Å²) >= 11 is 0. The molecular formula is C11H13NO. The smallest absolute Gasteiger partial charge is 0.127 e. The molecule has 1 saturated carbocycles. The number of phenols is 1. The Morgan fingerprint density at radius 2 is 2.23 bits per heavy atom. The predicted molar refractivity (Wildman–Crippen MR) is 53.5 cm³/mol. The lowest BCUT2D eigenvalue weighted by Gasteiger charge is -2.00. The zero-order chi connectivity index (χ0) is 9.26. The molecule has 0 unspecified atom stereocenters. The van der Waals surface area contributed by atoms with Gasteiger partial charge in [-0.1, -0.05) is 12.1 Å². The first-order valence-corrected chi connectivity index (χ1v) is 4.59.